The molecule has 0 saturated heterocycles. The van der Waals surface area contributed by atoms with E-state index >= 15 is 0 Å². The lowest BCUT2D eigenvalue weighted by Crippen LogP contribution is -2.25. The summed E-state index contributed by atoms with van der Waals surface area (Å²) < 4.78 is 5.04. The van der Waals surface area contributed by atoms with Crippen molar-refractivity contribution in [2.75, 3.05) is 20.2 Å². The Kier molecular flexibility index (Phi) is 6.54. The topological polar surface area (TPSA) is 70.6 Å². The third kappa shape index (κ3) is 5.70. The molecular weight excluding hydrogens is 292 g/mol. The molecule has 1 aliphatic rings. The Hall–Kier alpha value is -2.43. The van der Waals surface area contributed by atoms with Crippen LogP contribution in [0.1, 0.15) is 24.8 Å². The lowest BCUT2D eigenvalue weighted by Gasteiger charge is -2.18. The molecule has 2 rings (SSSR count). The Labute approximate surface area is 137 Å². The van der Waals surface area contributed by atoms with Crippen molar-refractivity contribution in [1.82, 2.24) is 10.6 Å². The normalized spacial score (nSPS) is 17.0. The lowest BCUT2D eigenvalue weighted by molar-refractivity contribution is -0.116. The number of amides is 1. The Morgan fingerprint density at radius 2 is 2.39 bits per heavy atom. The van der Waals surface area contributed by atoms with E-state index in [1.54, 1.807) is 24.3 Å². The number of nitrogens with one attached hydrogen (secondary N) is 2. The van der Waals surface area contributed by atoms with Gasteiger partial charge in [0, 0.05) is 19.2 Å². The molecule has 0 aliphatic carbocycles. The summed E-state index contributed by atoms with van der Waals surface area (Å²) in [6, 6.07) is 4.96. The fourth-order valence-electron chi connectivity index (χ4n) is 2.51. The van der Waals surface area contributed by atoms with E-state index < -0.39 is 0 Å². The number of carbonyl (C=O) groups excluding carboxylic acids is 1. The summed E-state index contributed by atoms with van der Waals surface area (Å²) in [5.74, 6) is 1.03. The fraction of sp³-hybridized carbons (Fsp3) is 0.389. The van der Waals surface area contributed by atoms with Crippen LogP contribution in [-0.2, 0) is 4.79 Å². The van der Waals surface area contributed by atoms with Gasteiger partial charge in [-0.05, 0) is 55.2 Å². The van der Waals surface area contributed by atoms with E-state index in [1.165, 1.54) is 13.2 Å². The minimum absolute atomic E-state index is 0.0844. The van der Waals surface area contributed by atoms with E-state index in [0.717, 1.165) is 31.4 Å². The van der Waals surface area contributed by atoms with Crippen LogP contribution in [0.4, 0.5) is 0 Å². The Morgan fingerprint density at radius 3 is 3.13 bits per heavy atom. The van der Waals surface area contributed by atoms with Crippen molar-refractivity contribution in [2.24, 2.45) is 5.92 Å². The number of aromatic hydroxyl groups is 1. The highest BCUT2D eigenvalue weighted by molar-refractivity contribution is 5.91. The van der Waals surface area contributed by atoms with Gasteiger partial charge in [0.1, 0.15) is 0 Å². The highest BCUT2D eigenvalue weighted by Gasteiger charge is 2.08. The van der Waals surface area contributed by atoms with Crippen molar-refractivity contribution in [3.8, 4) is 11.5 Å². The van der Waals surface area contributed by atoms with E-state index in [0.29, 0.717) is 18.2 Å². The summed E-state index contributed by atoms with van der Waals surface area (Å²) in [6.07, 6.45) is 10.6. The summed E-state index contributed by atoms with van der Waals surface area (Å²) in [4.78, 5) is 11.8. The summed E-state index contributed by atoms with van der Waals surface area (Å²) >= 11 is 0. The molecule has 3 N–H and O–H groups in total. The van der Waals surface area contributed by atoms with Gasteiger partial charge in [0.25, 0.3) is 0 Å². The number of benzene rings is 1. The number of hydrogen-bond donors (Lipinski definition) is 3. The average molecular weight is 316 g/mol. The number of methoxy groups -OCH3 is 1. The van der Waals surface area contributed by atoms with E-state index in [1.807, 2.05) is 6.20 Å². The molecule has 5 heteroatoms. The standard InChI is InChI=1S/C18H24N2O3/c1-23-17-12-14(6-8-16(17)21)7-9-18(22)20-11-3-5-15-4-2-10-19-13-15/h2,6-10,12,15,19,21H,3-5,11,13H2,1H3,(H,20,22)/b9-7+. The highest BCUT2D eigenvalue weighted by atomic mass is 16.5. The zero-order chi connectivity index (χ0) is 16.5. The molecule has 5 nitrogen and oxygen atoms in total. The van der Waals surface area contributed by atoms with Gasteiger partial charge in [-0.2, -0.15) is 0 Å². The number of rotatable bonds is 7. The Morgan fingerprint density at radius 1 is 1.52 bits per heavy atom. The first-order chi connectivity index (χ1) is 11.2. The molecule has 1 unspecified atom stereocenters. The van der Waals surface area contributed by atoms with Crippen molar-refractivity contribution in [2.45, 2.75) is 19.3 Å². The maximum Gasteiger partial charge on any atom is 0.243 e. The van der Waals surface area contributed by atoms with Crippen LogP contribution >= 0.6 is 0 Å². The Bertz CT molecular complexity index is 582. The van der Waals surface area contributed by atoms with E-state index in [9.17, 15) is 9.90 Å². The molecular formula is C18H24N2O3. The first-order valence-electron chi connectivity index (χ1n) is 7.90. The van der Waals surface area contributed by atoms with Gasteiger partial charge < -0.3 is 20.5 Å². The van der Waals surface area contributed by atoms with Gasteiger partial charge in [-0.3, -0.25) is 4.79 Å². The second-order valence-corrected chi connectivity index (χ2v) is 5.61. The first-order valence-corrected chi connectivity index (χ1v) is 7.90. The van der Waals surface area contributed by atoms with Crippen LogP contribution in [0.3, 0.4) is 0 Å². The van der Waals surface area contributed by atoms with E-state index in [2.05, 4.69) is 16.7 Å². The van der Waals surface area contributed by atoms with Crippen LogP contribution in [0, 0.1) is 5.92 Å². The zero-order valence-electron chi connectivity index (χ0n) is 13.4. The summed E-state index contributed by atoms with van der Waals surface area (Å²) in [5, 5.41) is 15.6. The second kappa shape index (κ2) is 8.88. The third-order valence-electron chi connectivity index (χ3n) is 3.83. The van der Waals surface area contributed by atoms with E-state index in [4.69, 9.17) is 4.74 Å². The first kappa shape index (κ1) is 16.9. The fourth-order valence-corrected chi connectivity index (χ4v) is 2.51. The van der Waals surface area contributed by atoms with Crippen LogP contribution in [-0.4, -0.2) is 31.2 Å². The van der Waals surface area contributed by atoms with Gasteiger partial charge in [0.15, 0.2) is 11.5 Å². The molecule has 1 aromatic rings. The number of carbonyl (C=O) groups is 1. The van der Waals surface area contributed by atoms with Crippen molar-refractivity contribution in [3.63, 3.8) is 0 Å². The van der Waals surface area contributed by atoms with E-state index in [-0.39, 0.29) is 11.7 Å². The van der Waals surface area contributed by atoms with Crippen molar-refractivity contribution < 1.29 is 14.6 Å². The molecule has 0 fully saturated rings. The SMILES string of the molecule is COc1cc(/C=C/C(=O)NCCCC2CC=CNC2)ccc1O. The number of phenols is 1. The largest absolute Gasteiger partial charge is 0.504 e. The minimum atomic E-state index is -0.112. The van der Waals surface area contributed by atoms with Crippen molar-refractivity contribution in [1.29, 1.82) is 0 Å². The molecule has 0 saturated carbocycles. The molecule has 1 atom stereocenters. The smallest absolute Gasteiger partial charge is 0.243 e. The molecule has 124 valence electrons. The van der Waals surface area contributed by atoms with Crippen molar-refractivity contribution >= 4 is 12.0 Å². The molecule has 1 aromatic carbocycles. The number of hydrogen-bond acceptors (Lipinski definition) is 4. The van der Waals surface area contributed by atoms with Crippen LogP contribution in [0.5, 0.6) is 11.5 Å². The van der Waals surface area contributed by atoms with Gasteiger partial charge in [-0.15, -0.1) is 0 Å². The highest BCUT2D eigenvalue weighted by Crippen LogP contribution is 2.26. The lowest BCUT2D eigenvalue weighted by atomic mass is 9.97. The molecule has 0 aromatic heterocycles. The van der Waals surface area contributed by atoms with Gasteiger partial charge >= 0.3 is 0 Å². The van der Waals surface area contributed by atoms with Crippen molar-refractivity contribution in [3.05, 3.63) is 42.1 Å². The second-order valence-electron chi connectivity index (χ2n) is 5.61. The maximum absolute atomic E-state index is 11.8. The van der Waals surface area contributed by atoms with Crippen LogP contribution in [0.25, 0.3) is 6.08 Å². The van der Waals surface area contributed by atoms with Gasteiger partial charge in [0.2, 0.25) is 5.91 Å². The van der Waals surface area contributed by atoms with Gasteiger partial charge in [0.05, 0.1) is 7.11 Å². The average Bonchev–Trinajstić information content (AvgIpc) is 2.59. The summed E-state index contributed by atoms with van der Waals surface area (Å²) in [6.45, 7) is 1.70. The number of phenolic OH excluding ortho intramolecular Hbond substituents is 1. The molecule has 1 heterocycles. The number of ether oxygens (including phenoxy) is 1. The molecule has 0 spiro atoms. The summed E-state index contributed by atoms with van der Waals surface area (Å²) in [5.41, 5.74) is 0.801. The zero-order valence-corrected chi connectivity index (χ0v) is 13.4. The third-order valence-corrected chi connectivity index (χ3v) is 3.83. The molecule has 0 bridgehead atoms. The molecule has 23 heavy (non-hydrogen) atoms. The maximum atomic E-state index is 11.8. The van der Waals surface area contributed by atoms with Crippen LogP contribution in [0.15, 0.2) is 36.6 Å². The molecule has 0 radical (unpaired) electrons. The van der Waals surface area contributed by atoms with Crippen LogP contribution in [0.2, 0.25) is 0 Å². The summed E-state index contributed by atoms with van der Waals surface area (Å²) in [7, 11) is 1.49. The van der Waals surface area contributed by atoms with Gasteiger partial charge in [-0.1, -0.05) is 12.1 Å². The van der Waals surface area contributed by atoms with Crippen LogP contribution < -0.4 is 15.4 Å². The number of allylic oxidation sites excluding steroid dienone is 1. The minimum Gasteiger partial charge on any atom is -0.504 e. The Balaban J connectivity index is 1.70. The quantitative estimate of drug-likeness (QED) is 0.534. The molecule has 1 amide bonds. The monoisotopic (exact) mass is 316 g/mol. The molecule has 1 aliphatic heterocycles. The predicted octanol–water partition coefficient (Wildman–Crippen LogP) is 2.43. The predicted molar refractivity (Wildman–Crippen MR) is 91.2 cm³/mol. The van der Waals surface area contributed by atoms with Gasteiger partial charge in [-0.25, -0.2) is 0 Å².